The van der Waals surface area contributed by atoms with Crippen LogP contribution in [0.15, 0.2) is 24.3 Å². The Morgan fingerprint density at radius 1 is 1.23 bits per heavy atom. The highest BCUT2D eigenvalue weighted by Crippen LogP contribution is 2.14. The first-order chi connectivity index (χ1) is 10.4. The molecule has 0 radical (unpaired) electrons. The van der Waals surface area contributed by atoms with Gasteiger partial charge in [-0.3, -0.25) is 4.79 Å². The minimum atomic E-state index is -0.325. The van der Waals surface area contributed by atoms with Crippen LogP contribution in [-0.4, -0.2) is 37.1 Å². The number of carbonyl (C=O) groups excluding carboxylic acids is 2. The van der Waals surface area contributed by atoms with E-state index in [-0.39, 0.29) is 18.4 Å². The number of hydrogen-bond donors (Lipinski definition) is 1. The number of urea groups is 1. The first kappa shape index (κ1) is 18.3. The number of methoxy groups -OCH3 is 1. The van der Waals surface area contributed by atoms with Gasteiger partial charge >= 0.3 is 12.0 Å². The van der Waals surface area contributed by atoms with Gasteiger partial charge in [0.1, 0.15) is 0 Å². The van der Waals surface area contributed by atoms with Gasteiger partial charge in [-0.25, -0.2) is 4.79 Å². The van der Waals surface area contributed by atoms with Gasteiger partial charge in [0.05, 0.1) is 13.5 Å². The van der Waals surface area contributed by atoms with Gasteiger partial charge < -0.3 is 15.0 Å². The summed E-state index contributed by atoms with van der Waals surface area (Å²) in [5.41, 5.74) is 0.669. The number of nitrogens with zero attached hydrogens (tertiary/aromatic N) is 1. The number of ether oxygens (including phenoxy) is 1. The highest BCUT2D eigenvalue weighted by Gasteiger charge is 2.15. The summed E-state index contributed by atoms with van der Waals surface area (Å²) in [5.74, 6) is 0.151. The average molecular weight is 327 g/mol. The van der Waals surface area contributed by atoms with Crippen molar-refractivity contribution in [1.82, 2.24) is 4.90 Å². The molecule has 0 bridgehead atoms. The summed E-state index contributed by atoms with van der Waals surface area (Å²) in [6.45, 7) is 5.11. The van der Waals surface area contributed by atoms with Crippen molar-refractivity contribution in [3.63, 3.8) is 0 Å². The summed E-state index contributed by atoms with van der Waals surface area (Å²) in [6.07, 6.45) is 1.05. The van der Waals surface area contributed by atoms with E-state index in [4.69, 9.17) is 11.6 Å². The number of amides is 2. The summed E-state index contributed by atoms with van der Waals surface area (Å²) in [5, 5.41) is 3.42. The molecule has 0 aliphatic rings. The van der Waals surface area contributed by atoms with E-state index in [1.807, 2.05) is 0 Å². The molecule has 22 heavy (non-hydrogen) atoms. The largest absolute Gasteiger partial charge is 0.469 e. The Morgan fingerprint density at radius 2 is 1.86 bits per heavy atom. The van der Waals surface area contributed by atoms with Crippen LogP contribution in [0.5, 0.6) is 0 Å². The fourth-order valence-corrected chi connectivity index (χ4v) is 1.92. The molecule has 0 saturated carbocycles. The lowest BCUT2D eigenvalue weighted by Crippen LogP contribution is -2.37. The van der Waals surface area contributed by atoms with Crippen LogP contribution in [0.1, 0.15) is 26.7 Å². The Bertz CT molecular complexity index is 489. The summed E-state index contributed by atoms with van der Waals surface area (Å²) in [7, 11) is 1.34. The minimum absolute atomic E-state index is 0.183. The zero-order valence-electron chi connectivity index (χ0n) is 13.3. The summed E-state index contributed by atoms with van der Waals surface area (Å²) in [4.78, 5) is 25.2. The zero-order valence-corrected chi connectivity index (χ0v) is 14.0. The number of anilines is 1. The van der Waals surface area contributed by atoms with E-state index in [0.717, 1.165) is 6.42 Å². The number of nitrogens with one attached hydrogen (secondary N) is 1. The van der Waals surface area contributed by atoms with Crippen molar-refractivity contribution < 1.29 is 14.3 Å². The molecule has 0 spiro atoms. The lowest BCUT2D eigenvalue weighted by Gasteiger charge is -2.23. The fraction of sp³-hybridized carbons (Fsp3) is 0.500. The molecule has 0 saturated heterocycles. The average Bonchev–Trinajstić information content (AvgIpc) is 2.48. The molecular weight excluding hydrogens is 304 g/mol. The van der Waals surface area contributed by atoms with Crippen LogP contribution >= 0.6 is 11.6 Å². The Morgan fingerprint density at radius 3 is 2.41 bits per heavy atom. The number of halogens is 1. The molecule has 5 nitrogen and oxygen atoms in total. The number of benzene rings is 1. The predicted molar refractivity (Wildman–Crippen MR) is 88.1 cm³/mol. The maximum atomic E-state index is 12.3. The lowest BCUT2D eigenvalue weighted by molar-refractivity contribution is -0.140. The molecule has 0 fully saturated rings. The van der Waals surface area contributed by atoms with Gasteiger partial charge in [-0.05, 0) is 36.6 Å². The van der Waals surface area contributed by atoms with E-state index in [0.29, 0.717) is 29.7 Å². The third-order valence-corrected chi connectivity index (χ3v) is 3.42. The van der Waals surface area contributed by atoms with Gasteiger partial charge in [-0.1, -0.05) is 25.4 Å². The van der Waals surface area contributed by atoms with Crippen LogP contribution in [0.25, 0.3) is 0 Å². The first-order valence-electron chi connectivity index (χ1n) is 7.30. The van der Waals surface area contributed by atoms with Gasteiger partial charge in [0.2, 0.25) is 0 Å². The number of carbonyl (C=O) groups is 2. The third kappa shape index (κ3) is 6.80. The molecule has 1 rings (SSSR count). The van der Waals surface area contributed by atoms with Crippen LogP contribution < -0.4 is 5.32 Å². The van der Waals surface area contributed by atoms with Crippen molar-refractivity contribution in [2.75, 3.05) is 25.5 Å². The van der Waals surface area contributed by atoms with Crippen molar-refractivity contribution in [3.05, 3.63) is 29.3 Å². The minimum Gasteiger partial charge on any atom is -0.469 e. The molecule has 0 heterocycles. The molecule has 0 aliphatic carbocycles. The van der Waals surface area contributed by atoms with Crippen molar-refractivity contribution in [2.24, 2.45) is 5.92 Å². The molecule has 0 unspecified atom stereocenters. The number of rotatable bonds is 7. The Balaban J connectivity index is 2.64. The van der Waals surface area contributed by atoms with Gasteiger partial charge in [0, 0.05) is 23.8 Å². The second-order valence-electron chi connectivity index (χ2n) is 5.43. The van der Waals surface area contributed by atoms with E-state index in [2.05, 4.69) is 23.9 Å². The molecule has 0 aliphatic heterocycles. The van der Waals surface area contributed by atoms with Crippen molar-refractivity contribution in [2.45, 2.75) is 26.7 Å². The quantitative estimate of drug-likeness (QED) is 0.776. The Hall–Kier alpha value is -1.75. The standard InChI is InChI=1S/C16H23ClN2O3/c1-12(2)8-10-19(11-9-15(20)22-3)16(21)18-14-6-4-13(17)5-7-14/h4-7,12H,8-11H2,1-3H3,(H,18,21). The van der Waals surface area contributed by atoms with Crippen molar-refractivity contribution in [1.29, 1.82) is 0 Å². The molecule has 0 aromatic heterocycles. The molecule has 1 N–H and O–H groups in total. The van der Waals surface area contributed by atoms with Crippen LogP contribution in [0.3, 0.4) is 0 Å². The van der Waals surface area contributed by atoms with E-state index in [1.165, 1.54) is 7.11 Å². The van der Waals surface area contributed by atoms with Gasteiger partial charge in [-0.15, -0.1) is 0 Å². The van der Waals surface area contributed by atoms with Crippen LogP contribution in [0.2, 0.25) is 5.02 Å². The normalized spacial score (nSPS) is 10.4. The first-order valence-corrected chi connectivity index (χ1v) is 7.68. The summed E-state index contributed by atoms with van der Waals surface area (Å²) in [6, 6.07) is 6.67. The number of hydrogen-bond acceptors (Lipinski definition) is 3. The topological polar surface area (TPSA) is 58.6 Å². The summed E-state index contributed by atoms with van der Waals surface area (Å²) < 4.78 is 4.63. The Labute approximate surface area is 136 Å². The van der Waals surface area contributed by atoms with E-state index in [9.17, 15) is 9.59 Å². The highest BCUT2D eigenvalue weighted by molar-refractivity contribution is 6.30. The van der Waals surface area contributed by atoms with E-state index in [1.54, 1.807) is 29.2 Å². The maximum Gasteiger partial charge on any atom is 0.321 e. The van der Waals surface area contributed by atoms with Crippen LogP contribution in [0.4, 0.5) is 10.5 Å². The molecular formula is C16H23ClN2O3. The van der Waals surface area contributed by atoms with Crippen LogP contribution in [0, 0.1) is 5.92 Å². The van der Waals surface area contributed by atoms with Crippen molar-refractivity contribution in [3.8, 4) is 0 Å². The van der Waals surface area contributed by atoms with E-state index >= 15 is 0 Å². The molecule has 1 aromatic carbocycles. The smallest absolute Gasteiger partial charge is 0.321 e. The van der Waals surface area contributed by atoms with Crippen molar-refractivity contribution >= 4 is 29.3 Å². The SMILES string of the molecule is COC(=O)CCN(CCC(C)C)C(=O)Nc1ccc(Cl)cc1. The van der Waals surface area contributed by atoms with Crippen LogP contribution in [-0.2, 0) is 9.53 Å². The Kier molecular flexibility index (Phi) is 7.74. The number of esters is 1. The molecule has 6 heteroatoms. The van der Waals surface area contributed by atoms with Gasteiger partial charge in [0.15, 0.2) is 0 Å². The van der Waals surface area contributed by atoms with E-state index < -0.39 is 0 Å². The monoisotopic (exact) mass is 326 g/mol. The summed E-state index contributed by atoms with van der Waals surface area (Å²) >= 11 is 5.82. The van der Waals surface area contributed by atoms with Gasteiger partial charge in [-0.2, -0.15) is 0 Å². The predicted octanol–water partition coefficient (Wildman–Crippen LogP) is 3.78. The molecule has 2 amide bonds. The fourth-order valence-electron chi connectivity index (χ4n) is 1.79. The van der Waals surface area contributed by atoms with Gasteiger partial charge in [0.25, 0.3) is 0 Å². The third-order valence-electron chi connectivity index (χ3n) is 3.17. The molecule has 0 atom stereocenters. The molecule has 1 aromatic rings. The molecule has 122 valence electrons. The zero-order chi connectivity index (χ0) is 16.5. The second-order valence-corrected chi connectivity index (χ2v) is 5.87. The second kappa shape index (κ2) is 9.30. The highest BCUT2D eigenvalue weighted by atomic mass is 35.5. The maximum absolute atomic E-state index is 12.3. The lowest BCUT2D eigenvalue weighted by atomic mass is 10.1.